The predicted octanol–water partition coefficient (Wildman–Crippen LogP) is 3.01. The molecule has 4 aliphatic rings. The topological polar surface area (TPSA) is 96.9 Å². The number of hydrogen-bond acceptors (Lipinski definition) is 8. The van der Waals surface area contributed by atoms with E-state index in [9.17, 15) is 9.00 Å². The number of fused-ring (bicyclic) bond motifs is 1. The normalized spacial score (nSPS) is 22.5. The third-order valence-electron chi connectivity index (χ3n) is 7.78. The molecular weight excluding hydrogens is 490 g/mol. The van der Waals surface area contributed by atoms with Gasteiger partial charge >= 0.3 is 0 Å². The third kappa shape index (κ3) is 5.45. The fourth-order valence-corrected chi connectivity index (χ4v) is 6.65. The highest BCUT2D eigenvalue weighted by Crippen LogP contribution is 2.32. The molecule has 1 unspecified atom stereocenters. The molecule has 0 bridgehead atoms. The van der Waals surface area contributed by atoms with Crippen molar-refractivity contribution >= 4 is 28.5 Å². The molecule has 0 radical (unpaired) electrons. The molecule has 1 aliphatic carbocycles. The number of amides is 1. The van der Waals surface area contributed by atoms with Gasteiger partial charge in [0.2, 0.25) is 5.95 Å². The third-order valence-corrected chi connectivity index (χ3v) is 9.24. The van der Waals surface area contributed by atoms with E-state index in [0.717, 1.165) is 93.4 Å². The Balaban J connectivity index is 1.08. The van der Waals surface area contributed by atoms with E-state index in [-0.39, 0.29) is 18.1 Å². The Morgan fingerprint density at radius 1 is 1.08 bits per heavy atom. The molecule has 2 aromatic rings. The summed E-state index contributed by atoms with van der Waals surface area (Å²) in [7, 11) is 0.838. The zero-order valence-corrected chi connectivity index (χ0v) is 22.2. The Kier molecular flexibility index (Phi) is 7.03. The molecule has 1 aromatic carbocycles. The van der Waals surface area contributed by atoms with Crippen molar-refractivity contribution in [1.29, 1.82) is 0 Å². The summed E-state index contributed by atoms with van der Waals surface area (Å²) in [6.45, 7) is 3.08. The number of nitrogens with zero attached hydrogens (tertiary/aromatic N) is 4. The van der Waals surface area contributed by atoms with E-state index in [0.29, 0.717) is 23.3 Å². The lowest BCUT2D eigenvalue weighted by atomic mass is 10.1. The number of hydrogen-bond donors (Lipinski definition) is 1. The average molecular weight is 526 g/mol. The smallest absolute Gasteiger partial charge is 0.253 e. The summed E-state index contributed by atoms with van der Waals surface area (Å²) >= 11 is 0. The molecule has 1 amide bonds. The number of carbonyl (C=O) groups excluding carboxylic acids is 1. The fraction of sp³-hybridized carbons (Fsp3) is 0.593. The fourth-order valence-electron chi connectivity index (χ4n) is 5.33. The van der Waals surface area contributed by atoms with Gasteiger partial charge in [0.25, 0.3) is 5.91 Å². The van der Waals surface area contributed by atoms with E-state index < -0.39 is 10.8 Å². The molecule has 1 saturated carbocycles. The number of piperidine rings is 1. The number of nitrogens with one attached hydrogen (secondary N) is 1. The highest BCUT2D eigenvalue weighted by Gasteiger charge is 2.31. The zero-order valence-electron chi connectivity index (χ0n) is 21.4. The van der Waals surface area contributed by atoms with Crippen molar-refractivity contribution < 1.29 is 18.5 Å². The molecular formula is C27H35N5O4S. The molecule has 3 fully saturated rings. The quantitative estimate of drug-likeness (QED) is 0.589. The second kappa shape index (κ2) is 10.6. The highest BCUT2D eigenvalue weighted by molar-refractivity contribution is 7.85. The van der Waals surface area contributed by atoms with Crippen LogP contribution in [0.3, 0.4) is 0 Å². The van der Waals surface area contributed by atoms with E-state index in [1.165, 1.54) is 0 Å². The van der Waals surface area contributed by atoms with Crippen LogP contribution < -0.4 is 15.0 Å². The van der Waals surface area contributed by atoms with Crippen molar-refractivity contribution in [3.05, 3.63) is 35.5 Å². The van der Waals surface area contributed by atoms with Crippen LogP contribution in [0.2, 0.25) is 0 Å². The van der Waals surface area contributed by atoms with Crippen LogP contribution in [0, 0.1) is 0 Å². The Labute approximate surface area is 220 Å². The first-order valence-electron chi connectivity index (χ1n) is 13.5. The second-order valence-corrected chi connectivity index (χ2v) is 12.0. The summed E-state index contributed by atoms with van der Waals surface area (Å²) in [5.41, 5.74) is 1.62. The van der Waals surface area contributed by atoms with Crippen LogP contribution in [0.5, 0.6) is 5.75 Å². The minimum atomic E-state index is -1.04. The number of rotatable bonds is 7. The number of benzene rings is 1. The van der Waals surface area contributed by atoms with Crippen LogP contribution in [-0.4, -0.2) is 82.3 Å². The Morgan fingerprint density at radius 2 is 1.81 bits per heavy atom. The molecule has 6 rings (SSSR count). The molecule has 10 heteroatoms. The first-order valence-corrected chi connectivity index (χ1v) is 14.8. The number of carbonyl (C=O) groups is 1. The molecule has 198 valence electrons. The van der Waals surface area contributed by atoms with Crippen LogP contribution in [0.1, 0.15) is 54.6 Å². The van der Waals surface area contributed by atoms with Gasteiger partial charge in [-0.15, -0.1) is 0 Å². The standard InChI is InChI=1S/C27H35N5O4S/c1-31(20-4-5-20)26(33)18-2-6-21(7-3-18)36-22-8-13-32(14-9-22)27-29-23-12-17-37(34)24(23)25(30-27)28-19-10-15-35-16-11-19/h2-3,6-7,19-20,22H,4-5,8-17H2,1H3,(H,28,29,30). The molecule has 1 atom stereocenters. The van der Waals surface area contributed by atoms with Crippen molar-refractivity contribution in [2.24, 2.45) is 0 Å². The molecule has 4 heterocycles. The van der Waals surface area contributed by atoms with Crippen molar-refractivity contribution in [3.63, 3.8) is 0 Å². The van der Waals surface area contributed by atoms with Gasteiger partial charge in [0, 0.05) is 76.0 Å². The van der Waals surface area contributed by atoms with Crippen molar-refractivity contribution in [2.75, 3.05) is 49.3 Å². The maximum Gasteiger partial charge on any atom is 0.253 e. The maximum atomic E-state index is 12.7. The van der Waals surface area contributed by atoms with Gasteiger partial charge in [-0.2, -0.15) is 4.98 Å². The highest BCUT2D eigenvalue weighted by atomic mass is 32.2. The van der Waals surface area contributed by atoms with Gasteiger partial charge in [0.1, 0.15) is 22.6 Å². The van der Waals surface area contributed by atoms with Crippen LogP contribution in [0.15, 0.2) is 29.2 Å². The summed E-state index contributed by atoms with van der Waals surface area (Å²) in [6, 6.07) is 8.21. The molecule has 3 aliphatic heterocycles. The number of aryl methyl sites for hydroxylation is 1. The van der Waals surface area contributed by atoms with E-state index in [1.54, 1.807) is 0 Å². The first-order chi connectivity index (χ1) is 18.0. The molecule has 2 saturated heterocycles. The van der Waals surface area contributed by atoms with Crippen LogP contribution in [0.25, 0.3) is 0 Å². The Hall–Kier alpha value is -2.72. The van der Waals surface area contributed by atoms with Gasteiger partial charge in [-0.05, 0) is 49.9 Å². The van der Waals surface area contributed by atoms with E-state index in [1.807, 2.05) is 36.2 Å². The lowest BCUT2D eigenvalue weighted by Crippen LogP contribution is -2.39. The second-order valence-electron chi connectivity index (χ2n) is 10.5. The van der Waals surface area contributed by atoms with Gasteiger partial charge in [0.15, 0.2) is 0 Å². The average Bonchev–Trinajstić information content (AvgIpc) is 3.71. The van der Waals surface area contributed by atoms with Gasteiger partial charge in [-0.1, -0.05) is 0 Å². The Morgan fingerprint density at radius 3 is 2.51 bits per heavy atom. The van der Waals surface area contributed by atoms with Crippen molar-refractivity contribution in [3.8, 4) is 5.75 Å². The number of anilines is 2. The van der Waals surface area contributed by atoms with Gasteiger partial charge in [-0.3, -0.25) is 9.00 Å². The largest absolute Gasteiger partial charge is 0.490 e. The maximum absolute atomic E-state index is 12.7. The molecule has 1 aromatic heterocycles. The lowest BCUT2D eigenvalue weighted by molar-refractivity contribution is 0.0785. The minimum Gasteiger partial charge on any atom is -0.490 e. The Bertz CT molecular complexity index is 1160. The van der Waals surface area contributed by atoms with Crippen molar-refractivity contribution in [1.82, 2.24) is 14.9 Å². The van der Waals surface area contributed by atoms with Gasteiger partial charge in [0.05, 0.1) is 16.5 Å². The minimum absolute atomic E-state index is 0.0752. The van der Waals surface area contributed by atoms with E-state index >= 15 is 0 Å². The molecule has 1 N–H and O–H groups in total. The van der Waals surface area contributed by atoms with Crippen LogP contribution >= 0.6 is 0 Å². The molecule has 0 spiro atoms. The van der Waals surface area contributed by atoms with Crippen LogP contribution in [-0.2, 0) is 22.0 Å². The molecule has 37 heavy (non-hydrogen) atoms. The van der Waals surface area contributed by atoms with Crippen molar-refractivity contribution in [2.45, 2.75) is 68.0 Å². The number of aromatic nitrogens is 2. The van der Waals surface area contributed by atoms with Gasteiger partial charge in [-0.25, -0.2) is 4.98 Å². The predicted molar refractivity (Wildman–Crippen MR) is 142 cm³/mol. The summed E-state index contributed by atoms with van der Waals surface area (Å²) in [6.07, 6.45) is 6.62. The zero-order chi connectivity index (χ0) is 25.4. The lowest BCUT2D eigenvalue weighted by Gasteiger charge is -2.33. The summed E-state index contributed by atoms with van der Waals surface area (Å²) < 4.78 is 24.4. The van der Waals surface area contributed by atoms with E-state index in [2.05, 4.69) is 10.2 Å². The first kappa shape index (κ1) is 24.6. The number of ether oxygens (including phenoxy) is 2. The monoisotopic (exact) mass is 525 g/mol. The summed E-state index contributed by atoms with van der Waals surface area (Å²) in [5, 5.41) is 3.56. The van der Waals surface area contributed by atoms with E-state index in [4.69, 9.17) is 19.4 Å². The van der Waals surface area contributed by atoms with Crippen LogP contribution in [0.4, 0.5) is 11.8 Å². The summed E-state index contributed by atoms with van der Waals surface area (Å²) in [4.78, 5) is 27.1. The summed E-state index contributed by atoms with van der Waals surface area (Å²) in [5.74, 6) is 2.94. The SMILES string of the molecule is CN(C(=O)c1ccc(OC2CCN(c3nc4c(c(NC5CCOCC5)n3)S(=O)CC4)CC2)cc1)C1CC1. The molecule has 9 nitrogen and oxygen atoms in total. The van der Waals surface area contributed by atoms with Gasteiger partial charge < -0.3 is 24.6 Å².